The summed E-state index contributed by atoms with van der Waals surface area (Å²) in [5.41, 5.74) is 2.62. The molecule has 3 aromatic rings. The highest BCUT2D eigenvalue weighted by atomic mass is 16.2. The van der Waals surface area contributed by atoms with E-state index < -0.39 is 0 Å². The molecule has 0 unspecified atom stereocenters. The van der Waals surface area contributed by atoms with Gasteiger partial charge in [-0.15, -0.1) is 0 Å². The maximum atomic E-state index is 12.7. The Hall–Kier alpha value is -3.40. The van der Waals surface area contributed by atoms with Gasteiger partial charge in [-0.1, -0.05) is 78.9 Å². The van der Waals surface area contributed by atoms with Gasteiger partial charge in [-0.25, -0.2) is 0 Å². The monoisotopic (exact) mass is 372 g/mol. The third kappa shape index (κ3) is 5.30. The van der Waals surface area contributed by atoms with Gasteiger partial charge < -0.3 is 10.6 Å². The number of carbonyl (C=O) groups is 2. The molecule has 0 heterocycles. The summed E-state index contributed by atoms with van der Waals surface area (Å²) in [4.78, 5) is 24.9. The van der Waals surface area contributed by atoms with Crippen LogP contribution in [0.25, 0.3) is 0 Å². The molecule has 2 N–H and O–H groups in total. The van der Waals surface area contributed by atoms with Crippen LogP contribution in [0.4, 0.5) is 0 Å². The molecule has 4 nitrogen and oxygen atoms in total. The highest BCUT2D eigenvalue weighted by Crippen LogP contribution is 2.21. The van der Waals surface area contributed by atoms with E-state index in [0.717, 1.165) is 11.1 Å². The number of benzene rings is 3. The molecule has 0 saturated carbocycles. The van der Waals surface area contributed by atoms with Gasteiger partial charge in [0.15, 0.2) is 0 Å². The normalized spacial score (nSPS) is 11.6. The smallest absolute Gasteiger partial charge is 0.251 e. The molecule has 0 fully saturated rings. The molecule has 28 heavy (non-hydrogen) atoms. The van der Waals surface area contributed by atoms with E-state index >= 15 is 0 Å². The van der Waals surface area contributed by atoms with Crippen molar-refractivity contribution in [3.05, 3.63) is 108 Å². The molecule has 0 spiro atoms. The first-order chi connectivity index (χ1) is 13.6. The predicted molar refractivity (Wildman–Crippen MR) is 111 cm³/mol. The van der Waals surface area contributed by atoms with E-state index in [2.05, 4.69) is 10.6 Å². The lowest BCUT2D eigenvalue weighted by atomic mass is 9.98. The van der Waals surface area contributed by atoms with E-state index in [-0.39, 0.29) is 30.3 Å². The van der Waals surface area contributed by atoms with Crippen LogP contribution in [0.5, 0.6) is 0 Å². The average molecular weight is 372 g/mol. The number of hydrogen-bond donors (Lipinski definition) is 2. The highest BCUT2D eigenvalue weighted by Gasteiger charge is 2.19. The van der Waals surface area contributed by atoms with Gasteiger partial charge in [0.1, 0.15) is 0 Å². The lowest BCUT2D eigenvalue weighted by Gasteiger charge is -2.21. The Morgan fingerprint density at radius 3 is 1.68 bits per heavy atom. The molecule has 0 aliphatic carbocycles. The lowest BCUT2D eigenvalue weighted by molar-refractivity contribution is -0.121. The second-order valence-electron chi connectivity index (χ2n) is 6.77. The van der Waals surface area contributed by atoms with Crippen molar-refractivity contribution in [1.82, 2.24) is 10.6 Å². The van der Waals surface area contributed by atoms with E-state index in [0.29, 0.717) is 5.56 Å². The van der Waals surface area contributed by atoms with Crippen LogP contribution in [-0.4, -0.2) is 17.9 Å². The van der Waals surface area contributed by atoms with E-state index in [1.165, 1.54) is 0 Å². The Morgan fingerprint density at radius 1 is 0.714 bits per heavy atom. The molecule has 4 heteroatoms. The molecule has 0 aliphatic rings. The number of carbonyl (C=O) groups excluding carboxylic acids is 2. The molecule has 0 bridgehead atoms. The molecule has 3 aromatic carbocycles. The highest BCUT2D eigenvalue weighted by molar-refractivity contribution is 5.94. The molecule has 0 saturated heterocycles. The number of rotatable bonds is 7. The van der Waals surface area contributed by atoms with Crippen molar-refractivity contribution in [3.63, 3.8) is 0 Å². The van der Waals surface area contributed by atoms with Crippen molar-refractivity contribution >= 4 is 11.8 Å². The first-order valence-electron chi connectivity index (χ1n) is 9.38. The topological polar surface area (TPSA) is 58.2 Å². The minimum absolute atomic E-state index is 0.112. The molecule has 2 amide bonds. The fraction of sp³-hybridized carbons (Fsp3) is 0.167. The minimum Gasteiger partial charge on any atom is -0.349 e. The second kappa shape index (κ2) is 9.51. The summed E-state index contributed by atoms with van der Waals surface area (Å²) >= 11 is 0. The van der Waals surface area contributed by atoms with Crippen LogP contribution in [-0.2, 0) is 4.79 Å². The van der Waals surface area contributed by atoms with Crippen LogP contribution in [0, 0.1) is 0 Å². The number of nitrogens with one attached hydrogen (secondary N) is 2. The molecular weight excluding hydrogens is 348 g/mol. The van der Waals surface area contributed by atoms with Gasteiger partial charge in [-0.05, 0) is 30.2 Å². The molecular formula is C24H24N2O2. The molecule has 1 atom stereocenters. The van der Waals surface area contributed by atoms with E-state index in [1.54, 1.807) is 12.1 Å². The van der Waals surface area contributed by atoms with Crippen LogP contribution in [0.2, 0.25) is 0 Å². The van der Waals surface area contributed by atoms with E-state index in [1.807, 2.05) is 85.8 Å². The summed E-state index contributed by atoms with van der Waals surface area (Å²) in [6.45, 7) is 1.83. The first kappa shape index (κ1) is 19.4. The summed E-state index contributed by atoms with van der Waals surface area (Å²) in [5, 5.41) is 5.98. The molecule has 3 rings (SSSR count). The van der Waals surface area contributed by atoms with Crippen molar-refractivity contribution < 1.29 is 9.59 Å². The Balaban J connectivity index is 1.64. The Kier molecular flexibility index (Phi) is 6.58. The van der Waals surface area contributed by atoms with Crippen molar-refractivity contribution in [2.45, 2.75) is 25.4 Å². The summed E-state index contributed by atoms with van der Waals surface area (Å²) in [7, 11) is 0. The Labute approximate surface area is 165 Å². The van der Waals surface area contributed by atoms with Crippen LogP contribution in [0.1, 0.15) is 40.9 Å². The van der Waals surface area contributed by atoms with Crippen LogP contribution < -0.4 is 10.6 Å². The summed E-state index contributed by atoms with van der Waals surface area (Å²) in [6, 6.07) is 28.2. The third-order valence-corrected chi connectivity index (χ3v) is 4.48. The van der Waals surface area contributed by atoms with Crippen molar-refractivity contribution in [2.24, 2.45) is 0 Å². The maximum Gasteiger partial charge on any atom is 0.251 e. The second-order valence-corrected chi connectivity index (χ2v) is 6.77. The minimum atomic E-state index is -0.278. The Morgan fingerprint density at radius 2 is 1.18 bits per heavy atom. The summed E-state index contributed by atoms with van der Waals surface area (Å²) in [5.74, 6) is -0.290. The average Bonchev–Trinajstić information content (AvgIpc) is 2.74. The third-order valence-electron chi connectivity index (χ3n) is 4.48. The van der Waals surface area contributed by atoms with Crippen molar-refractivity contribution in [3.8, 4) is 0 Å². The zero-order chi connectivity index (χ0) is 19.8. The van der Waals surface area contributed by atoms with E-state index in [9.17, 15) is 9.59 Å². The fourth-order valence-electron chi connectivity index (χ4n) is 3.10. The van der Waals surface area contributed by atoms with Gasteiger partial charge in [0.2, 0.25) is 5.91 Å². The first-order valence-corrected chi connectivity index (χ1v) is 9.38. The molecule has 0 radical (unpaired) electrons. The summed E-state index contributed by atoms with van der Waals surface area (Å²) in [6.07, 6.45) is 0.203. The van der Waals surface area contributed by atoms with Crippen molar-refractivity contribution in [2.75, 3.05) is 0 Å². The SMILES string of the molecule is C[C@H](CC(=O)NC(c1ccccc1)c1ccccc1)NC(=O)c1ccccc1. The van der Waals surface area contributed by atoms with Gasteiger partial charge in [0.25, 0.3) is 5.91 Å². The van der Waals surface area contributed by atoms with Crippen LogP contribution >= 0.6 is 0 Å². The molecule has 0 aliphatic heterocycles. The lowest BCUT2D eigenvalue weighted by Crippen LogP contribution is -2.38. The van der Waals surface area contributed by atoms with E-state index in [4.69, 9.17) is 0 Å². The van der Waals surface area contributed by atoms with Gasteiger partial charge in [-0.3, -0.25) is 9.59 Å². The number of amides is 2. The largest absolute Gasteiger partial charge is 0.349 e. The Bertz CT molecular complexity index is 856. The van der Waals surface area contributed by atoms with Gasteiger partial charge in [-0.2, -0.15) is 0 Å². The van der Waals surface area contributed by atoms with Gasteiger partial charge >= 0.3 is 0 Å². The maximum absolute atomic E-state index is 12.7. The number of hydrogen-bond acceptors (Lipinski definition) is 2. The summed E-state index contributed by atoms with van der Waals surface area (Å²) < 4.78 is 0. The van der Waals surface area contributed by atoms with Crippen molar-refractivity contribution in [1.29, 1.82) is 0 Å². The predicted octanol–water partition coefficient (Wildman–Crippen LogP) is 4.10. The zero-order valence-electron chi connectivity index (χ0n) is 15.8. The van der Waals surface area contributed by atoms with Gasteiger partial charge in [0, 0.05) is 18.0 Å². The van der Waals surface area contributed by atoms with Crippen LogP contribution in [0.15, 0.2) is 91.0 Å². The quantitative estimate of drug-likeness (QED) is 0.656. The standard InChI is InChI=1S/C24H24N2O2/c1-18(25-24(28)21-15-9-4-10-16-21)17-22(27)26-23(19-11-5-2-6-12-19)20-13-7-3-8-14-20/h2-16,18,23H,17H2,1H3,(H,25,28)(H,26,27)/t18-/m1/s1. The van der Waals surface area contributed by atoms with Gasteiger partial charge in [0.05, 0.1) is 6.04 Å². The molecule has 0 aromatic heterocycles. The van der Waals surface area contributed by atoms with Crippen LogP contribution in [0.3, 0.4) is 0 Å². The molecule has 142 valence electrons. The zero-order valence-corrected chi connectivity index (χ0v) is 15.8. The fourth-order valence-corrected chi connectivity index (χ4v) is 3.10.